The van der Waals surface area contributed by atoms with E-state index in [1.807, 2.05) is 0 Å². The molecular formula is C20H20N4O4S. The summed E-state index contributed by atoms with van der Waals surface area (Å²) < 4.78 is 27.8. The Morgan fingerprint density at radius 1 is 1.00 bits per heavy atom. The van der Waals surface area contributed by atoms with E-state index in [9.17, 15) is 18.0 Å². The van der Waals surface area contributed by atoms with Crippen molar-refractivity contribution in [1.29, 1.82) is 0 Å². The van der Waals surface area contributed by atoms with Crippen LogP contribution in [0.3, 0.4) is 0 Å². The maximum atomic E-state index is 12.8. The molecule has 0 unspecified atom stereocenters. The number of fused-ring (bicyclic) bond motifs is 1. The zero-order valence-corrected chi connectivity index (χ0v) is 16.6. The van der Waals surface area contributed by atoms with Gasteiger partial charge in [-0.3, -0.25) is 9.59 Å². The highest BCUT2D eigenvalue weighted by molar-refractivity contribution is 7.89. The number of amides is 1. The number of carbonyl (C=O) groups excluding carboxylic acids is 1. The smallest absolute Gasteiger partial charge is 0.276 e. The third kappa shape index (κ3) is 3.54. The number of sulfonamides is 1. The predicted molar refractivity (Wildman–Crippen MR) is 109 cm³/mol. The number of aromatic nitrogens is 2. The van der Waals surface area contributed by atoms with Crippen molar-refractivity contribution in [3.8, 4) is 0 Å². The van der Waals surface area contributed by atoms with Crippen molar-refractivity contribution in [2.75, 3.05) is 18.4 Å². The fraction of sp³-hybridized carbons (Fsp3) is 0.250. The van der Waals surface area contributed by atoms with Crippen LogP contribution in [0.5, 0.6) is 0 Å². The van der Waals surface area contributed by atoms with E-state index in [1.54, 1.807) is 36.4 Å². The summed E-state index contributed by atoms with van der Waals surface area (Å²) in [6.45, 7) is 1.07. The highest BCUT2D eigenvalue weighted by Gasteiger charge is 2.27. The molecule has 0 saturated carbocycles. The first kappa shape index (κ1) is 19.3. The molecule has 1 aliphatic heterocycles. The summed E-state index contributed by atoms with van der Waals surface area (Å²) in [5.41, 5.74) is 0.278. The van der Waals surface area contributed by atoms with Gasteiger partial charge in [0.2, 0.25) is 10.0 Å². The minimum absolute atomic E-state index is 0.122. The standard InChI is InChI=1S/C20H20N4O4S/c1-23-20(26)17-7-3-2-6-16(17)18(22-23)19(25)21-14-8-10-15(11-9-14)29(27,28)24-12-4-5-13-24/h2-3,6-11H,4-5,12-13H2,1H3,(H,21,25). The van der Waals surface area contributed by atoms with Gasteiger partial charge in [-0.1, -0.05) is 18.2 Å². The Morgan fingerprint density at radius 3 is 2.28 bits per heavy atom. The van der Waals surface area contributed by atoms with Crippen LogP contribution in [0.4, 0.5) is 5.69 Å². The van der Waals surface area contributed by atoms with E-state index in [0.29, 0.717) is 29.5 Å². The third-order valence-corrected chi connectivity index (χ3v) is 6.90. The molecular weight excluding hydrogens is 392 g/mol. The highest BCUT2D eigenvalue weighted by Crippen LogP contribution is 2.22. The van der Waals surface area contributed by atoms with Gasteiger partial charge in [0.25, 0.3) is 11.5 Å². The van der Waals surface area contributed by atoms with Gasteiger partial charge in [0.15, 0.2) is 5.69 Å². The Labute approximate surface area is 167 Å². The van der Waals surface area contributed by atoms with Gasteiger partial charge in [-0.15, -0.1) is 0 Å². The van der Waals surface area contributed by atoms with Gasteiger partial charge in [-0.05, 0) is 43.2 Å². The fourth-order valence-corrected chi connectivity index (χ4v) is 4.96. The molecule has 0 radical (unpaired) electrons. The van der Waals surface area contributed by atoms with Crippen molar-refractivity contribution in [3.63, 3.8) is 0 Å². The van der Waals surface area contributed by atoms with Crippen molar-refractivity contribution in [1.82, 2.24) is 14.1 Å². The minimum Gasteiger partial charge on any atom is -0.321 e. The summed E-state index contributed by atoms with van der Waals surface area (Å²) in [6.07, 6.45) is 1.74. The molecule has 0 atom stereocenters. The average Bonchev–Trinajstić information content (AvgIpc) is 3.27. The van der Waals surface area contributed by atoms with E-state index >= 15 is 0 Å². The molecule has 1 aromatic heterocycles. The number of nitrogens with zero attached hydrogens (tertiary/aromatic N) is 3. The lowest BCUT2D eigenvalue weighted by molar-refractivity contribution is 0.102. The average molecular weight is 412 g/mol. The van der Waals surface area contributed by atoms with E-state index < -0.39 is 15.9 Å². The van der Waals surface area contributed by atoms with Gasteiger partial charge in [0.05, 0.1) is 10.3 Å². The van der Waals surface area contributed by atoms with Crippen molar-refractivity contribution < 1.29 is 13.2 Å². The maximum absolute atomic E-state index is 12.8. The first-order valence-electron chi connectivity index (χ1n) is 9.25. The topological polar surface area (TPSA) is 101 Å². The maximum Gasteiger partial charge on any atom is 0.276 e. The molecule has 0 bridgehead atoms. The molecule has 4 rings (SSSR count). The van der Waals surface area contributed by atoms with Gasteiger partial charge in [0, 0.05) is 31.2 Å². The fourth-order valence-electron chi connectivity index (χ4n) is 3.45. The van der Waals surface area contributed by atoms with Crippen molar-refractivity contribution >= 4 is 32.4 Å². The molecule has 29 heavy (non-hydrogen) atoms. The van der Waals surface area contributed by atoms with Crippen molar-refractivity contribution in [3.05, 3.63) is 64.6 Å². The third-order valence-electron chi connectivity index (χ3n) is 4.99. The largest absolute Gasteiger partial charge is 0.321 e. The van der Waals surface area contributed by atoms with E-state index in [-0.39, 0.29) is 16.1 Å². The first-order valence-corrected chi connectivity index (χ1v) is 10.7. The number of aryl methyl sites for hydroxylation is 1. The van der Waals surface area contributed by atoms with Crippen LogP contribution in [0.25, 0.3) is 10.8 Å². The van der Waals surface area contributed by atoms with Crippen molar-refractivity contribution in [2.24, 2.45) is 7.05 Å². The molecule has 150 valence electrons. The molecule has 8 nitrogen and oxygen atoms in total. The van der Waals surface area contributed by atoms with Crippen LogP contribution in [0.15, 0.2) is 58.2 Å². The van der Waals surface area contributed by atoms with Crippen LogP contribution < -0.4 is 10.9 Å². The van der Waals surface area contributed by atoms with Crippen LogP contribution in [-0.4, -0.2) is 41.5 Å². The summed E-state index contributed by atoms with van der Waals surface area (Å²) >= 11 is 0. The summed E-state index contributed by atoms with van der Waals surface area (Å²) in [7, 11) is -2.02. The van der Waals surface area contributed by atoms with Gasteiger partial charge < -0.3 is 5.32 Å². The summed E-state index contributed by atoms with van der Waals surface area (Å²) in [4.78, 5) is 25.2. The number of benzene rings is 2. The van der Waals surface area contributed by atoms with E-state index in [4.69, 9.17) is 0 Å². The molecule has 1 amide bonds. The summed E-state index contributed by atoms with van der Waals surface area (Å²) in [6, 6.07) is 12.8. The molecule has 2 heterocycles. The second kappa shape index (κ2) is 7.41. The van der Waals surface area contributed by atoms with E-state index in [1.165, 1.54) is 23.5 Å². The van der Waals surface area contributed by atoms with Gasteiger partial charge in [0.1, 0.15) is 0 Å². The molecule has 3 aromatic rings. The number of hydrogen-bond donors (Lipinski definition) is 1. The molecule has 1 N–H and O–H groups in total. The van der Waals surface area contributed by atoms with Gasteiger partial charge in [-0.25, -0.2) is 13.1 Å². The molecule has 9 heteroatoms. The minimum atomic E-state index is -3.51. The number of hydrogen-bond acceptors (Lipinski definition) is 5. The Bertz CT molecular complexity index is 1240. The second-order valence-electron chi connectivity index (χ2n) is 6.91. The number of carbonyl (C=O) groups is 1. The highest BCUT2D eigenvalue weighted by atomic mass is 32.2. The van der Waals surface area contributed by atoms with Crippen molar-refractivity contribution in [2.45, 2.75) is 17.7 Å². The quantitative estimate of drug-likeness (QED) is 0.706. The van der Waals surface area contributed by atoms with Crippen LogP contribution in [-0.2, 0) is 17.1 Å². The lowest BCUT2D eigenvalue weighted by Gasteiger charge is -2.15. The van der Waals surface area contributed by atoms with Crippen LogP contribution in [0.2, 0.25) is 0 Å². The summed E-state index contributed by atoms with van der Waals surface area (Å²) in [5.74, 6) is -0.480. The molecule has 0 aliphatic carbocycles. The predicted octanol–water partition coefficient (Wildman–Crippen LogP) is 1.97. The van der Waals surface area contributed by atoms with E-state index in [2.05, 4.69) is 10.4 Å². The van der Waals surface area contributed by atoms with Gasteiger partial charge >= 0.3 is 0 Å². The van der Waals surface area contributed by atoms with Crippen LogP contribution in [0, 0.1) is 0 Å². The second-order valence-corrected chi connectivity index (χ2v) is 8.85. The zero-order valence-electron chi connectivity index (χ0n) is 15.8. The van der Waals surface area contributed by atoms with Crippen LogP contribution >= 0.6 is 0 Å². The zero-order chi connectivity index (χ0) is 20.6. The summed E-state index contributed by atoms with van der Waals surface area (Å²) in [5, 5.41) is 7.68. The Kier molecular flexibility index (Phi) is 4.93. The van der Waals surface area contributed by atoms with E-state index in [0.717, 1.165) is 17.5 Å². The molecule has 0 spiro atoms. The van der Waals surface area contributed by atoms with Gasteiger partial charge in [-0.2, -0.15) is 9.40 Å². The first-order chi connectivity index (χ1) is 13.9. The molecule has 1 fully saturated rings. The Balaban J connectivity index is 1.61. The number of anilines is 1. The number of rotatable bonds is 4. The van der Waals surface area contributed by atoms with Crippen LogP contribution in [0.1, 0.15) is 23.3 Å². The Hall–Kier alpha value is -3.04. The molecule has 1 aliphatic rings. The Morgan fingerprint density at radius 2 is 1.62 bits per heavy atom. The normalized spacial score (nSPS) is 14.9. The molecule has 1 saturated heterocycles. The number of nitrogens with one attached hydrogen (secondary N) is 1. The lowest BCUT2D eigenvalue weighted by Crippen LogP contribution is -2.27. The SMILES string of the molecule is Cn1nc(C(=O)Nc2ccc(S(=O)(=O)N3CCCC3)cc2)c2ccccc2c1=O. The lowest BCUT2D eigenvalue weighted by atomic mass is 10.1. The molecule has 2 aromatic carbocycles. The monoisotopic (exact) mass is 412 g/mol.